The minimum Gasteiger partial charge on any atom is -0.481 e. The van der Waals surface area contributed by atoms with Gasteiger partial charge in [-0.05, 0) is 30.7 Å². The number of halogens is 2. The van der Waals surface area contributed by atoms with E-state index in [0.717, 1.165) is 12.1 Å². The lowest BCUT2D eigenvalue weighted by molar-refractivity contribution is -0.141. The van der Waals surface area contributed by atoms with E-state index < -0.39 is 17.6 Å². The van der Waals surface area contributed by atoms with Crippen molar-refractivity contribution >= 4 is 5.97 Å². The van der Waals surface area contributed by atoms with Gasteiger partial charge in [-0.2, -0.15) is 0 Å². The van der Waals surface area contributed by atoms with Crippen LogP contribution in [0.4, 0.5) is 8.78 Å². The Morgan fingerprint density at radius 3 is 2.76 bits per heavy atom. The smallest absolute Gasteiger partial charge is 0.307 e. The number of rotatable bonds is 3. The third-order valence-electron chi connectivity index (χ3n) is 3.01. The highest BCUT2D eigenvalue weighted by Crippen LogP contribution is 2.19. The average Bonchev–Trinajstić information content (AvgIpc) is 2.72. The first-order valence-corrected chi connectivity index (χ1v) is 5.45. The maximum atomic E-state index is 13.0. The molecule has 0 amide bonds. The fourth-order valence-electron chi connectivity index (χ4n) is 2.07. The van der Waals surface area contributed by atoms with Crippen molar-refractivity contribution < 1.29 is 18.7 Å². The Morgan fingerprint density at radius 1 is 1.41 bits per heavy atom. The molecule has 0 aliphatic carbocycles. The summed E-state index contributed by atoms with van der Waals surface area (Å²) < 4.78 is 25.7. The summed E-state index contributed by atoms with van der Waals surface area (Å²) in [5.41, 5.74) is 0.662. The van der Waals surface area contributed by atoms with Gasteiger partial charge in [0, 0.05) is 13.1 Å². The molecule has 1 unspecified atom stereocenters. The molecule has 0 saturated carbocycles. The van der Waals surface area contributed by atoms with Crippen LogP contribution >= 0.6 is 0 Å². The summed E-state index contributed by atoms with van der Waals surface area (Å²) in [4.78, 5) is 12.7. The summed E-state index contributed by atoms with van der Waals surface area (Å²) in [5, 5.41) is 8.84. The highest BCUT2D eigenvalue weighted by atomic mass is 19.2. The first-order valence-electron chi connectivity index (χ1n) is 5.45. The number of carbonyl (C=O) groups is 1. The van der Waals surface area contributed by atoms with Crippen LogP contribution in [0.25, 0.3) is 0 Å². The maximum Gasteiger partial charge on any atom is 0.307 e. The largest absolute Gasteiger partial charge is 0.481 e. The molecule has 0 radical (unpaired) electrons. The molecule has 0 bridgehead atoms. The Balaban J connectivity index is 1.98. The van der Waals surface area contributed by atoms with Gasteiger partial charge in [-0.3, -0.25) is 9.69 Å². The molecular formula is C12H13F2NO2. The van der Waals surface area contributed by atoms with Crippen LogP contribution in [-0.4, -0.2) is 29.1 Å². The van der Waals surface area contributed by atoms with Crippen molar-refractivity contribution in [3.8, 4) is 0 Å². The third-order valence-corrected chi connectivity index (χ3v) is 3.01. The highest BCUT2D eigenvalue weighted by Gasteiger charge is 2.27. The van der Waals surface area contributed by atoms with Crippen LogP contribution in [0.2, 0.25) is 0 Å². The molecule has 2 rings (SSSR count). The second-order valence-electron chi connectivity index (χ2n) is 4.31. The summed E-state index contributed by atoms with van der Waals surface area (Å²) >= 11 is 0. The van der Waals surface area contributed by atoms with Gasteiger partial charge in [0.05, 0.1) is 5.92 Å². The molecule has 1 heterocycles. The molecule has 0 spiro atoms. The summed E-state index contributed by atoms with van der Waals surface area (Å²) in [6.07, 6.45) is 0.610. The molecule has 1 N–H and O–H groups in total. The summed E-state index contributed by atoms with van der Waals surface area (Å²) in [6.45, 7) is 1.60. The first kappa shape index (κ1) is 12.0. The van der Waals surface area contributed by atoms with Crippen molar-refractivity contribution in [1.29, 1.82) is 0 Å². The van der Waals surface area contributed by atoms with E-state index in [9.17, 15) is 13.6 Å². The molecule has 92 valence electrons. The van der Waals surface area contributed by atoms with Crippen molar-refractivity contribution in [2.24, 2.45) is 5.92 Å². The van der Waals surface area contributed by atoms with Gasteiger partial charge in [0.25, 0.3) is 0 Å². The van der Waals surface area contributed by atoms with E-state index in [1.807, 2.05) is 4.90 Å². The standard InChI is InChI=1S/C12H13F2NO2/c13-10-2-1-8(5-11(10)14)6-15-4-3-9(7-15)12(16)17/h1-2,5,9H,3-4,6-7H2,(H,16,17). The van der Waals surface area contributed by atoms with Crippen LogP contribution in [-0.2, 0) is 11.3 Å². The van der Waals surface area contributed by atoms with E-state index in [1.165, 1.54) is 6.07 Å². The Bertz CT molecular complexity index is 437. The van der Waals surface area contributed by atoms with Crippen molar-refractivity contribution in [3.05, 3.63) is 35.4 Å². The van der Waals surface area contributed by atoms with E-state index in [0.29, 0.717) is 31.6 Å². The normalized spacial score (nSPS) is 20.7. The van der Waals surface area contributed by atoms with Crippen LogP contribution in [0, 0.1) is 17.6 Å². The zero-order valence-electron chi connectivity index (χ0n) is 9.20. The first-order chi connectivity index (χ1) is 8.06. The number of benzene rings is 1. The Hall–Kier alpha value is -1.49. The number of carboxylic acid groups (broad SMARTS) is 1. The van der Waals surface area contributed by atoms with Crippen LogP contribution in [0.15, 0.2) is 18.2 Å². The van der Waals surface area contributed by atoms with E-state index in [-0.39, 0.29) is 5.92 Å². The number of hydrogen-bond acceptors (Lipinski definition) is 2. The van der Waals surface area contributed by atoms with Gasteiger partial charge in [-0.15, -0.1) is 0 Å². The van der Waals surface area contributed by atoms with Crippen molar-refractivity contribution in [1.82, 2.24) is 4.90 Å². The third kappa shape index (κ3) is 2.79. The number of nitrogens with zero attached hydrogens (tertiary/aromatic N) is 1. The van der Waals surface area contributed by atoms with Crippen LogP contribution in [0.5, 0.6) is 0 Å². The summed E-state index contributed by atoms with van der Waals surface area (Å²) in [7, 11) is 0. The fourth-order valence-corrected chi connectivity index (χ4v) is 2.07. The molecule has 1 aliphatic heterocycles. The van der Waals surface area contributed by atoms with Gasteiger partial charge in [0.1, 0.15) is 0 Å². The molecule has 1 saturated heterocycles. The van der Waals surface area contributed by atoms with Crippen molar-refractivity contribution in [2.45, 2.75) is 13.0 Å². The molecule has 0 aromatic heterocycles. The van der Waals surface area contributed by atoms with Crippen LogP contribution in [0.3, 0.4) is 0 Å². The predicted molar refractivity (Wildman–Crippen MR) is 57.4 cm³/mol. The Kier molecular flexibility index (Phi) is 3.38. The second-order valence-corrected chi connectivity index (χ2v) is 4.31. The lowest BCUT2D eigenvalue weighted by atomic mass is 10.1. The quantitative estimate of drug-likeness (QED) is 0.878. The second kappa shape index (κ2) is 4.79. The van der Waals surface area contributed by atoms with Crippen molar-refractivity contribution in [3.63, 3.8) is 0 Å². The minimum absolute atomic E-state index is 0.347. The minimum atomic E-state index is -0.864. The van der Waals surface area contributed by atoms with Crippen LogP contribution in [0.1, 0.15) is 12.0 Å². The molecule has 17 heavy (non-hydrogen) atoms. The van der Waals surface area contributed by atoms with Crippen molar-refractivity contribution in [2.75, 3.05) is 13.1 Å². The summed E-state index contributed by atoms with van der Waals surface area (Å²) in [5.74, 6) is -2.87. The van der Waals surface area contributed by atoms with Crippen LogP contribution < -0.4 is 0 Å². The maximum absolute atomic E-state index is 13.0. The number of hydrogen-bond donors (Lipinski definition) is 1. The van der Waals surface area contributed by atoms with E-state index >= 15 is 0 Å². The van der Waals surface area contributed by atoms with Gasteiger partial charge < -0.3 is 5.11 Å². The number of likely N-dealkylation sites (tertiary alicyclic amines) is 1. The van der Waals surface area contributed by atoms with Gasteiger partial charge in [0.2, 0.25) is 0 Å². The van der Waals surface area contributed by atoms with Gasteiger partial charge in [0.15, 0.2) is 11.6 Å². The zero-order valence-corrected chi connectivity index (χ0v) is 9.20. The lowest BCUT2D eigenvalue weighted by Crippen LogP contribution is -2.22. The monoisotopic (exact) mass is 241 g/mol. The molecular weight excluding hydrogens is 228 g/mol. The SMILES string of the molecule is O=C(O)C1CCN(Cc2ccc(F)c(F)c2)C1. The summed E-state index contributed by atoms with van der Waals surface area (Å²) in [6, 6.07) is 3.77. The molecule has 1 aliphatic rings. The Labute approximate surface area is 97.7 Å². The molecule has 1 fully saturated rings. The topological polar surface area (TPSA) is 40.5 Å². The average molecular weight is 241 g/mol. The molecule has 5 heteroatoms. The van der Waals surface area contributed by atoms with Gasteiger partial charge >= 0.3 is 5.97 Å². The fraction of sp³-hybridized carbons (Fsp3) is 0.417. The van der Waals surface area contributed by atoms with E-state index in [4.69, 9.17) is 5.11 Å². The number of aliphatic carboxylic acids is 1. The van der Waals surface area contributed by atoms with Gasteiger partial charge in [-0.1, -0.05) is 6.07 Å². The molecule has 1 atom stereocenters. The molecule has 1 aromatic carbocycles. The van der Waals surface area contributed by atoms with Gasteiger partial charge in [-0.25, -0.2) is 8.78 Å². The Morgan fingerprint density at radius 2 is 2.18 bits per heavy atom. The lowest BCUT2D eigenvalue weighted by Gasteiger charge is -2.15. The number of carboxylic acids is 1. The zero-order chi connectivity index (χ0) is 12.4. The van der Waals surface area contributed by atoms with E-state index in [2.05, 4.69) is 0 Å². The highest BCUT2D eigenvalue weighted by molar-refractivity contribution is 5.70. The molecule has 3 nitrogen and oxygen atoms in total. The predicted octanol–water partition coefficient (Wildman–Crippen LogP) is 1.87. The van der Waals surface area contributed by atoms with E-state index in [1.54, 1.807) is 0 Å². The molecule has 1 aromatic rings.